The lowest BCUT2D eigenvalue weighted by molar-refractivity contribution is 0.424. The molecule has 0 unspecified atom stereocenters. The zero-order chi connectivity index (χ0) is 13.2. The molecular weight excluding hydrogens is 246 g/mol. The highest BCUT2D eigenvalue weighted by Crippen LogP contribution is 2.20. The van der Waals surface area contributed by atoms with E-state index >= 15 is 0 Å². The van der Waals surface area contributed by atoms with E-state index in [1.54, 1.807) is 6.20 Å². The summed E-state index contributed by atoms with van der Waals surface area (Å²) in [6.07, 6.45) is 3.71. The average Bonchev–Trinajstić information content (AvgIpc) is 2.79. The summed E-state index contributed by atoms with van der Waals surface area (Å²) in [5.41, 5.74) is 2.27. The monoisotopic (exact) mass is 263 g/mol. The van der Waals surface area contributed by atoms with Crippen molar-refractivity contribution in [2.45, 2.75) is 32.9 Å². The van der Waals surface area contributed by atoms with Crippen LogP contribution >= 0.6 is 11.6 Å². The number of rotatable bonds is 3. The molecule has 0 aliphatic carbocycles. The first-order valence-corrected chi connectivity index (χ1v) is 6.37. The summed E-state index contributed by atoms with van der Waals surface area (Å²) in [6, 6.07) is 7.78. The van der Waals surface area contributed by atoms with Gasteiger partial charge in [-0.05, 0) is 50.6 Å². The van der Waals surface area contributed by atoms with Crippen LogP contribution in [0, 0.1) is 0 Å². The Balaban J connectivity index is 2.30. The standard InChI is InChI=1S/C14H18ClN3/c1-14(2,3)16-10-11-9-12(15)5-6-13(11)18-8-4-7-17-18/h4-9,16H,10H2,1-3H3. The smallest absolute Gasteiger partial charge is 0.0691 e. The molecule has 0 atom stereocenters. The van der Waals surface area contributed by atoms with Crippen molar-refractivity contribution < 1.29 is 0 Å². The SMILES string of the molecule is CC(C)(C)NCc1cc(Cl)ccc1-n1cccn1. The summed E-state index contributed by atoms with van der Waals surface area (Å²) in [4.78, 5) is 0. The number of hydrogen-bond donors (Lipinski definition) is 1. The van der Waals surface area contributed by atoms with Crippen LogP contribution in [0.1, 0.15) is 26.3 Å². The number of aromatic nitrogens is 2. The van der Waals surface area contributed by atoms with Crippen LogP contribution in [-0.4, -0.2) is 15.3 Å². The summed E-state index contributed by atoms with van der Waals surface area (Å²) in [6.45, 7) is 7.20. The fourth-order valence-corrected chi connectivity index (χ4v) is 1.89. The normalized spacial score (nSPS) is 11.8. The molecule has 1 heterocycles. The van der Waals surface area contributed by atoms with Crippen LogP contribution in [0.15, 0.2) is 36.7 Å². The molecule has 0 saturated heterocycles. The van der Waals surface area contributed by atoms with Crippen LogP contribution in [0.3, 0.4) is 0 Å². The highest BCUT2D eigenvalue weighted by molar-refractivity contribution is 6.30. The van der Waals surface area contributed by atoms with Crippen molar-refractivity contribution in [3.05, 3.63) is 47.2 Å². The van der Waals surface area contributed by atoms with Gasteiger partial charge in [-0.3, -0.25) is 0 Å². The van der Waals surface area contributed by atoms with Gasteiger partial charge in [0.1, 0.15) is 0 Å². The van der Waals surface area contributed by atoms with Crippen molar-refractivity contribution in [3.8, 4) is 5.69 Å². The van der Waals surface area contributed by atoms with Crippen LogP contribution in [0.25, 0.3) is 5.69 Å². The number of benzene rings is 1. The van der Waals surface area contributed by atoms with E-state index in [9.17, 15) is 0 Å². The predicted octanol–water partition coefficient (Wildman–Crippen LogP) is 3.41. The summed E-state index contributed by atoms with van der Waals surface area (Å²) in [7, 11) is 0. The molecule has 2 rings (SSSR count). The highest BCUT2D eigenvalue weighted by atomic mass is 35.5. The summed E-state index contributed by atoms with van der Waals surface area (Å²) in [5, 5.41) is 8.48. The lowest BCUT2D eigenvalue weighted by atomic mass is 10.1. The van der Waals surface area contributed by atoms with Crippen molar-refractivity contribution in [2.75, 3.05) is 0 Å². The van der Waals surface area contributed by atoms with Crippen LogP contribution in [-0.2, 0) is 6.54 Å². The first-order valence-electron chi connectivity index (χ1n) is 5.99. The minimum absolute atomic E-state index is 0.0731. The Morgan fingerprint density at radius 1 is 1.33 bits per heavy atom. The van der Waals surface area contributed by atoms with Crippen molar-refractivity contribution >= 4 is 11.6 Å². The molecule has 0 aliphatic heterocycles. The van der Waals surface area contributed by atoms with Crippen LogP contribution in [0.5, 0.6) is 0 Å². The third kappa shape index (κ3) is 3.34. The summed E-state index contributed by atoms with van der Waals surface area (Å²) >= 11 is 6.07. The fraction of sp³-hybridized carbons (Fsp3) is 0.357. The molecule has 0 radical (unpaired) electrons. The van der Waals surface area contributed by atoms with E-state index in [0.717, 1.165) is 22.8 Å². The lowest BCUT2D eigenvalue weighted by Gasteiger charge is -2.21. The molecule has 0 spiro atoms. The molecule has 3 nitrogen and oxygen atoms in total. The maximum absolute atomic E-state index is 6.07. The first kappa shape index (κ1) is 13.1. The Hall–Kier alpha value is -1.32. The maximum atomic E-state index is 6.07. The van der Waals surface area contributed by atoms with Gasteiger partial charge in [-0.1, -0.05) is 11.6 Å². The predicted molar refractivity (Wildman–Crippen MR) is 75.2 cm³/mol. The first-order chi connectivity index (χ1) is 8.46. The van der Waals surface area contributed by atoms with Gasteiger partial charge >= 0.3 is 0 Å². The van der Waals surface area contributed by atoms with Gasteiger partial charge in [0.05, 0.1) is 5.69 Å². The van der Waals surface area contributed by atoms with E-state index < -0.39 is 0 Å². The number of halogens is 1. The zero-order valence-corrected chi connectivity index (χ0v) is 11.7. The summed E-state index contributed by atoms with van der Waals surface area (Å²) in [5.74, 6) is 0. The Bertz CT molecular complexity index is 512. The third-order valence-electron chi connectivity index (χ3n) is 2.60. The van der Waals surface area contributed by atoms with Gasteiger partial charge in [0.2, 0.25) is 0 Å². The quantitative estimate of drug-likeness (QED) is 0.920. The van der Waals surface area contributed by atoms with Crippen molar-refractivity contribution in [1.82, 2.24) is 15.1 Å². The lowest BCUT2D eigenvalue weighted by Crippen LogP contribution is -2.35. The molecule has 0 aliphatic rings. The summed E-state index contributed by atoms with van der Waals surface area (Å²) < 4.78 is 1.86. The zero-order valence-electron chi connectivity index (χ0n) is 10.9. The molecule has 1 aromatic heterocycles. The Morgan fingerprint density at radius 3 is 2.72 bits per heavy atom. The molecular formula is C14H18ClN3. The molecule has 0 bridgehead atoms. The van der Waals surface area contributed by atoms with Crippen molar-refractivity contribution in [2.24, 2.45) is 0 Å². The molecule has 18 heavy (non-hydrogen) atoms. The van der Waals surface area contributed by atoms with E-state index in [-0.39, 0.29) is 5.54 Å². The molecule has 4 heteroatoms. The molecule has 1 aromatic carbocycles. The number of hydrogen-bond acceptors (Lipinski definition) is 2. The van der Waals surface area contributed by atoms with Crippen molar-refractivity contribution in [1.29, 1.82) is 0 Å². The third-order valence-corrected chi connectivity index (χ3v) is 2.84. The van der Waals surface area contributed by atoms with Gasteiger partial charge in [-0.15, -0.1) is 0 Å². The second-order valence-corrected chi connectivity index (χ2v) is 5.76. The molecule has 2 aromatic rings. The molecule has 0 saturated carbocycles. The van der Waals surface area contributed by atoms with Gasteiger partial charge < -0.3 is 5.32 Å². The largest absolute Gasteiger partial charge is 0.308 e. The average molecular weight is 264 g/mol. The van der Waals surface area contributed by atoms with E-state index in [0.29, 0.717) is 0 Å². The van der Waals surface area contributed by atoms with Gasteiger partial charge in [0.25, 0.3) is 0 Å². The van der Waals surface area contributed by atoms with E-state index in [1.807, 2.05) is 35.1 Å². The molecule has 96 valence electrons. The fourth-order valence-electron chi connectivity index (χ4n) is 1.69. The Morgan fingerprint density at radius 2 is 2.11 bits per heavy atom. The Kier molecular flexibility index (Phi) is 3.73. The van der Waals surface area contributed by atoms with Gasteiger partial charge in [0.15, 0.2) is 0 Å². The highest BCUT2D eigenvalue weighted by Gasteiger charge is 2.11. The second kappa shape index (κ2) is 5.12. The maximum Gasteiger partial charge on any atom is 0.0691 e. The molecule has 0 amide bonds. The van der Waals surface area contributed by atoms with E-state index in [4.69, 9.17) is 11.6 Å². The van der Waals surface area contributed by atoms with Crippen molar-refractivity contribution in [3.63, 3.8) is 0 Å². The topological polar surface area (TPSA) is 29.9 Å². The van der Waals surface area contributed by atoms with Gasteiger partial charge in [-0.2, -0.15) is 5.10 Å². The Labute approximate surface area is 113 Å². The second-order valence-electron chi connectivity index (χ2n) is 5.33. The molecule has 1 N–H and O–H groups in total. The van der Waals surface area contributed by atoms with Crippen LogP contribution in [0.4, 0.5) is 0 Å². The van der Waals surface area contributed by atoms with Crippen LogP contribution in [0.2, 0.25) is 5.02 Å². The minimum atomic E-state index is 0.0731. The van der Waals surface area contributed by atoms with Crippen LogP contribution < -0.4 is 5.32 Å². The van der Waals surface area contributed by atoms with Gasteiger partial charge in [-0.25, -0.2) is 4.68 Å². The number of nitrogens with one attached hydrogen (secondary N) is 1. The molecule has 0 fully saturated rings. The van der Waals surface area contributed by atoms with E-state index in [1.165, 1.54) is 0 Å². The van der Waals surface area contributed by atoms with Gasteiger partial charge in [0, 0.05) is 29.5 Å². The number of nitrogens with zero attached hydrogens (tertiary/aromatic N) is 2. The van der Waals surface area contributed by atoms with E-state index in [2.05, 4.69) is 31.2 Å². The minimum Gasteiger partial charge on any atom is -0.308 e.